The fourth-order valence-corrected chi connectivity index (χ4v) is 3.11. The van der Waals surface area contributed by atoms with Crippen molar-refractivity contribution in [1.82, 2.24) is 5.32 Å². The summed E-state index contributed by atoms with van der Waals surface area (Å²) in [6.07, 6.45) is 0.938. The number of nitrogens with one attached hydrogen (secondary N) is 2. The van der Waals surface area contributed by atoms with E-state index in [4.69, 9.17) is 4.74 Å². The third kappa shape index (κ3) is 6.52. The second kappa shape index (κ2) is 9.97. The van der Waals surface area contributed by atoms with Crippen molar-refractivity contribution >= 4 is 5.91 Å². The Bertz CT molecular complexity index is 668. The van der Waals surface area contributed by atoms with Gasteiger partial charge >= 0.3 is 0 Å². The molecule has 0 bridgehead atoms. The molecule has 0 spiro atoms. The molecule has 0 aliphatic heterocycles. The summed E-state index contributed by atoms with van der Waals surface area (Å²) in [5.41, 5.74) is 2.36. The van der Waals surface area contributed by atoms with E-state index in [1.165, 1.54) is 11.1 Å². The van der Waals surface area contributed by atoms with Crippen molar-refractivity contribution in [3.05, 3.63) is 65.7 Å². The van der Waals surface area contributed by atoms with Crippen LogP contribution >= 0.6 is 0 Å². The number of hydrogen-bond acceptors (Lipinski definition) is 2. The highest BCUT2D eigenvalue weighted by Crippen LogP contribution is 2.20. The predicted octanol–water partition coefficient (Wildman–Crippen LogP) is 2.61. The van der Waals surface area contributed by atoms with Crippen LogP contribution in [0.25, 0.3) is 0 Å². The van der Waals surface area contributed by atoms with E-state index in [2.05, 4.69) is 31.3 Å². The maximum absolute atomic E-state index is 12.6. The van der Waals surface area contributed by atoms with E-state index < -0.39 is 0 Å². The van der Waals surface area contributed by atoms with Gasteiger partial charge in [0.15, 0.2) is 6.54 Å². The van der Waals surface area contributed by atoms with Crippen molar-refractivity contribution in [3.63, 3.8) is 0 Å². The second-order valence-electron chi connectivity index (χ2n) is 7.32. The average molecular weight is 356 g/mol. The van der Waals surface area contributed by atoms with Gasteiger partial charge in [0.25, 0.3) is 5.91 Å². The molecule has 4 heteroatoms. The number of carbonyl (C=O) groups is 1. The largest absolute Gasteiger partial charge is 0.497 e. The van der Waals surface area contributed by atoms with Crippen LogP contribution < -0.4 is 15.0 Å². The lowest BCUT2D eigenvalue weighted by Gasteiger charge is -2.22. The third-order valence-corrected chi connectivity index (χ3v) is 4.37. The van der Waals surface area contributed by atoms with Crippen molar-refractivity contribution in [2.24, 2.45) is 5.92 Å². The molecule has 0 aliphatic rings. The number of amides is 1. The van der Waals surface area contributed by atoms with E-state index in [-0.39, 0.29) is 11.9 Å². The molecule has 0 radical (unpaired) electrons. The topological polar surface area (TPSA) is 42.8 Å². The van der Waals surface area contributed by atoms with Gasteiger partial charge < -0.3 is 15.0 Å². The Morgan fingerprint density at radius 2 is 1.73 bits per heavy atom. The van der Waals surface area contributed by atoms with Gasteiger partial charge in [-0.2, -0.15) is 0 Å². The summed E-state index contributed by atoms with van der Waals surface area (Å²) < 4.78 is 5.19. The summed E-state index contributed by atoms with van der Waals surface area (Å²) in [6.45, 7) is 5.62. The summed E-state index contributed by atoms with van der Waals surface area (Å²) in [5.74, 6) is 1.46. The number of hydrogen-bond donors (Lipinski definition) is 2. The molecule has 1 amide bonds. The summed E-state index contributed by atoms with van der Waals surface area (Å²) in [7, 11) is 3.71. The quantitative estimate of drug-likeness (QED) is 0.726. The van der Waals surface area contributed by atoms with E-state index in [0.717, 1.165) is 23.6 Å². The zero-order valence-corrected chi connectivity index (χ0v) is 16.3. The Morgan fingerprint density at radius 1 is 1.08 bits per heavy atom. The first-order chi connectivity index (χ1) is 12.5. The average Bonchev–Trinajstić information content (AvgIpc) is 2.62. The maximum Gasteiger partial charge on any atom is 0.275 e. The third-order valence-electron chi connectivity index (χ3n) is 4.37. The van der Waals surface area contributed by atoms with Crippen LogP contribution in [0, 0.1) is 5.92 Å². The minimum absolute atomic E-state index is 0.0671. The standard InChI is InChI=1S/C22H30N2O2/c1-17(2)14-21(19-8-6-5-7-9-19)23-22(25)16-24(3)15-18-10-12-20(26-4)13-11-18/h5-13,17,21H,14-16H2,1-4H3,(H,23,25)/p+1/t21-/m0/s1. The van der Waals surface area contributed by atoms with E-state index in [1.807, 2.05) is 49.5 Å². The Hall–Kier alpha value is -2.33. The van der Waals surface area contributed by atoms with Crippen LogP contribution in [0.4, 0.5) is 0 Å². The molecule has 140 valence electrons. The molecule has 1 unspecified atom stereocenters. The number of rotatable bonds is 9. The van der Waals surface area contributed by atoms with Gasteiger partial charge in [-0.3, -0.25) is 4.79 Å². The van der Waals surface area contributed by atoms with Gasteiger partial charge in [-0.25, -0.2) is 0 Å². The molecule has 0 saturated carbocycles. The van der Waals surface area contributed by atoms with Crippen molar-refractivity contribution in [2.75, 3.05) is 20.7 Å². The summed E-state index contributed by atoms with van der Waals surface area (Å²) in [6, 6.07) is 18.3. The molecule has 0 aliphatic carbocycles. The highest BCUT2D eigenvalue weighted by Gasteiger charge is 2.18. The van der Waals surface area contributed by atoms with E-state index in [9.17, 15) is 4.79 Å². The van der Waals surface area contributed by atoms with Crippen LogP contribution in [0.3, 0.4) is 0 Å². The molecule has 2 aromatic carbocycles. The first-order valence-corrected chi connectivity index (χ1v) is 9.26. The van der Waals surface area contributed by atoms with E-state index in [1.54, 1.807) is 7.11 Å². The Labute approximate surface area is 157 Å². The molecule has 2 atom stereocenters. The molecule has 0 heterocycles. The molecule has 26 heavy (non-hydrogen) atoms. The zero-order valence-electron chi connectivity index (χ0n) is 16.3. The molecular weight excluding hydrogens is 324 g/mol. The minimum Gasteiger partial charge on any atom is -0.497 e. The predicted molar refractivity (Wildman–Crippen MR) is 105 cm³/mol. The number of benzene rings is 2. The second-order valence-corrected chi connectivity index (χ2v) is 7.32. The van der Waals surface area contributed by atoms with Crippen molar-refractivity contribution < 1.29 is 14.4 Å². The van der Waals surface area contributed by atoms with Crippen LogP contribution in [0.15, 0.2) is 54.6 Å². The van der Waals surface area contributed by atoms with Gasteiger partial charge in [0.05, 0.1) is 20.2 Å². The maximum atomic E-state index is 12.6. The Morgan fingerprint density at radius 3 is 2.31 bits per heavy atom. The lowest BCUT2D eigenvalue weighted by molar-refractivity contribution is -0.885. The number of quaternary nitrogens is 1. The monoisotopic (exact) mass is 355 g/mol. The fraction of sp³-hybridized carbons (Fsp3) is 0.409. The van der Waals surface area contributed by atoms with Crippen LogP contribution in [0.2, 0.25) is 0 Å². The molecule has 2 aromatic rings. The molecule has 2 N–H and O–H groups in total. The number of carbonyl (C=O) groups excluding carboxylic acids is 1. The highest BCUT2D eigenvalue weighted by atomic mass is 16.5. The smallest absolute Gasteiger partial charge is 0.275 e. The summed E-state index contributed by atoms with van der Waals surface area (Å²) >= 11 is 0. The number of likely N-dealkylation sites (N-methyl/N-ethyl adjacent to an activating group) is 1. The lowest BCUT2D eigenvalue weighted by Crippen LogP contribution is -3.08. The summed E-state index contributed by atoms with van der Waals surface area (Å²) in [4.78, 5) is 13.7. The lowest BCUT2D eigenvalue weighted by atomic mass is 9.97. The van der Waals surface area contributed by atoms with Gasteiger partial charge in [0.2, 0.25) is 0 Å². The van der Waals surface area contributed by atoms with Crippen LogP contribution in [0.1, 0.15) is 37.4 Å². The van der Waals surface area contributed by atoms with Crippen LogP contribution in [0.5, 0.6) is 5.75 Å². The van der Waals surface area contributed by atoms with Gasteiger partial charge in [0.1, 0.15) is 12.3 Å². The van der Waals surface area contributed by atoms with Gasteiger partial charge in [-0.1, -0.05) is 44.2 Å². The van der Waals surface area contributed by atoms with E-state index in [0.29, 0.717) is 12.5 Å². The van der Waals surface area contributed by atoms with Crippen molar-refractivity contribution in [1.29, 1.82) is 0 Å². The normalized spacial score (nSPS) is 13.3. The highest BCUT2D eigenvalue weighted by molar-refractivity contribution is 5.77. The molecule has 0 aromatic heterocycles. The zero-order chi connectivity index (χ0) is 18.9. The SMILES string of the molecule is COc1ccc(C[NH+](C)CC(=O)N[C@@H](CC(C)C)c2ccccc2)cc1. The van der Waals surface area contributed by atoms with E-state index >= 15 is 0 Å². The summed E-state index contributed by atoms with van der Waals surface area (Å²) in [5, 5.41) is 3.22. The fourth-order valence-electron chi connectivity index (χ4n) is 3.11. The van der Waals surface area contributed by atoms with Crippen molar-refractivity contribution in [2.45, 2.75) is 32.9 Å². The first-order valence-electron chi connectivity index (χ1n) is 9.26. The van der Waals surface area contributed by atoms with Crippen molar-refractivity contribution in [3.8, 4) is 5.75 Å². The van der Waals surface area contributed by atoms with Gasteiger partial charge in [-0.05, 0) is 42.2 Å². The van der Waals surface area contributed by atoms with Crippen LogP contribution in [-0.2, 0) is 11.3 Å². The molecule has 2 rings (SSSR count). The Kier molecular flexibility index (Phi) is 7.67. The van der Waals surface area contributed by atoms with Crippen LogP contribution in [-0.4, -0.2) is 26.6 Å². The molecule has 4 nitrogen and oxygen atoms in total. The minimum atomic E-state index is 0.0671. The number of methoxy groups -OCH3 is 1. The molecule has 0 saturated heterocycles. The first kappa shape index (κ1) is 20.0. The van der Waals surface area contributed by atoms with Gasteiger partial charge in [-0.15, -0.1) is 0 Å². The molecule has 0 fully saturated rings. The Balaban J connectivity index is 1.91. The van der Waals surface area contributed by atoms with Gasteiger partial charge in [0, 0.05) is 5.56 Å². The number of ether oxygens (including phenoxy) is 1. The molecular formula is C22H31N2O2+.